The molecule has 0 aliphatic carbocycles. The third-order valence-electron chi connectivity index (χ3n) is 2.59. The first-order chi connectivity index (χ1) is 9.56. The quantitative estimate of drug-likeness (QED) is 0.834. The Morgan fingerprint density at radius 1 is 1.30 bits per heavy atom. The van der Waals surface area contributed by atoms with Crippen LogP contribution in [0.4, 0.5) is 5.82 Å². The Morgan fingerprint density at radius 3 is 2.85 bits per heavy atom. The molecule has 1 aliphatic rings. The average Bonchev–Trinajstić information content (AvgIpc) is 2.85. The van der Waals surface area contributed by atoms with Crippen LogP contribution in [0.5, 0.6) is 11.6 Å². The lowest BCUT2D eigenvalue weighted by Gasteiger charge is -2.17. The van der Waals surface area contributed by atoms with Gasteiger partial charge in [0.15, 0.2) is 10.8 Å². The highest BCUT2D eigenvalue weighted by Crippen LogP contribution is 2.29. The minimum Gasteiger partial charge on any atom is -0.484 e. The number of ether oxygens (including phenoxy) is 2. The van der Waals surface area contributed by atoms with Crippen molar-refractivity contribution in [2.45, 2.75) is 5.03 Å². The van der Waals surface area contributed by atoms with E-state index in [-0.39, 0.29) is 16.7 Å². The molecule has 0 unspecified atom stereocenters. The maximum absolute atomic E-state index is 12.1. The van der Waals surface area contributed by atoms with Crippen molar-refractivity contribution in [3.8, 4) is 11.6 Å². The zero-order valence-corrected chi connectivity index (χ0v) is 11.3. The molecule has 0 saturated heterocycles. The van der Waals surface area contributed by atoms with E-state index in [1.54, 1.807) is 6.07 Å². The van der Waals surface area contributed by atoms with Crippen LogP contribution in [0, 0.1) is 0 Å². The molecule has 106 valence electrons. The van der Waals surface area contributed by atoms with E-state index in [0.717, 1.165) is 10.9 Å². The highest BCUT2D eigenvalue weighted by molar-refractivity contribution is 7.92. The standard InChI is InChI=1S/C10H11N5O4S/c1-15-9(6-11-14-15)20(16,17)13-8-3-2-7-10(12-8)19-5-4-18-7/h2-3,6H,4-5H2,1H3,(H,12,13). The largest absolute Gasteiger partial charge is 0.484 e. The first-order valence-electron chi connectivity index (χ1n) is 5.70. The second kappa shape index (κ2) is 4.63. The van der Waals surface area contributed by atoms with Crippen LogP contribution in [0.15, 0.2) is 23.4 Å². The van der Waals surface area contributed by atoms with E-state index < -0.39 is 10.0 Å². The molecule has 1 aliphatic heterocycles. The van der Waals surface area contributed by atoms with Gasteiger partial charge in [0, 0.05) is 7.05 Å². The van der Waals surface area contributed by atoms with Crippen LogP contribution in [0.25, 0.3) is 0 Å². The molecule has 0 fully saturated rings. The smallest absolute Gasteiger partial charge is 0.281 e. The van der Waals surface area contributed by atoms with Gasteiger partial charge in [0.05, 0.1) is 6.20 Å². The maximum atomic E-state index is 12.1. The van der Waals surface area contributed by atoms with Gasteiger partial charge in [-0.2, -0.15) is 13.4 Å². The fourth-order valence-electron chi connectivity index (χ4n) is 1.70. The van der Waals surface area contributed by atoms with Gasteiger partial charge in [0.2, 0.25) is 0 Å². The second-order valence-corrected chi connectivity index (χ2v) is 5.63. The highest BCUT2D eigenvalue weighted by Gasteiger charge is 2.21. The topological polar surface area (TPSA) is 108 Å². The summed E-state index contributed by atoms with van der Waals surface area (Å²) in [4.78, 5) is 4.05. The molecular weight excluding hydrogens is 286 g/mol. The first-order valence-corrected chi connectivity index (χ1v) is 7.19. The Labute approximate surface area is 114 Å². The summed E-state index contributed by atoms with van der Waals surface area (Å²) in [5, 5.41) is 7.04. The summed E-state index contributed by atoms with van der Waals surface area (Å²) in [5.74, 6) is 0.886. The van der Waals surface area contributed by atoms with Crippen LogP contribution in [-0.4, -0.2) is 41.6 Å². The van der Waals surface area contributed by atoms with Gasteiger partial charge in [-0.1, -0.05) is 5.21 Å². The fourth-order valence-corrected chi connectivity index (χ4v) is 2.77. The van der Waals surface area contributed by atoms with Gasteiger partial charge < -0.3 is 9.47 Å². The maximum Gasteiger partial charge on any atom is 0.281 e. The van der Waals surface area contributed by atoms with Gasteiger partial charge in [-0.3, -0.25) is 4.72 Å². The lowest BCUT2D eigenvalue weighted by Crippen LogP contribution is -2.19. The van der Waals surface area contributed by atoms with E-state index >= 15 is 0 Å². The molecule has 3 rings (SSSR count). The molecule has 0 spiro atoms. The van der Waals surface area contributed by atoms with Crippen molar-refractivity contribution in [2.24, 2.45) is 7.05 Å². The Balaban J connectivity index is 1.90. The lowest BCUT2D eigenvalue weighted by atomic mass is 10.4. The monoisotopic (exact) mass is 297 g/mol. The predicted molar refractivity (Wildman–Crippen MR) is 67.0 cm³/mol. The van der Waals surface area contributed by atoms with Crippen molar-refractivity contribution in [1.82, 2.24) is 20.0 Å². The summed E-state index contributed by atoms with van der Waals surface area (Å²) < 4.78 is 38.3. The Bertz CT molecular complexity index is 742. The molecule has 0 radical (unpaired) electrons. The van der Waals surface area contributed by atoms with E-state index in [9.17, 15) is 8.42 Å². The zero-order valence-electron chi connectivity index (χ0n) is 10.5. The van der Waals surface area contributed by atoms with Gasteiger partial charge in [0.1, 0.15) is 19.0 Å². The molecule has 2 aromatic heterocycles. The van der Waals surface area contributed by atoms with Crippen LogP contribution in [-0.2, 0) is 17.1 Å². The van der Waals surface area contributed by atoms with Gasteiger partial charge in [-0.25, -0.2) is 4.68 Å². The van der Waals surface area contributed by atoms with E-state index in [2.05, 4.69) is 20.0 Å². The van der Waals surface area contributed by atoms with Crippen LogP contribution in [0.2, 0.25) is 0 Å². The number of sulfonamides is 1. The van der Waals surface area contributed by atoms with E-state index in [1.165, 1.54) is 13.1 Å². The zero-order chi connectivity index (χ0) is 14.2. The number of hydrogen-bond acceptors (Lipinski definition) is 7. The van der Waals surface area contributed by atoms with Crippen molar-refractivity contribution in [1.29, 1.82) is 0 Å². The van der Waals surface area contributed by atoms with Crippen molar-refractivity contribution in [3.63, 3.8) is 0 Å². The number of aromatic nitrogens is 4. The third-order valence-corrected chi connectivity index (χ3v) is 3.99. The van der Waals surface area contributed by atoms with Gasteiger partial charge in [-0.05, 0) is 12.1 Å². The van der Waals surface area contributed by atoms with Crippen molar-refractivity contribution >= 4 is 15.8 Å². The van der Waals surface area contributed by atoms with Crippen molar-refractivity contribution < 1.29 is 17.9 Å². The molecule has 0 bridgehead atoms. The van der Waals surface area contributed by atoms with Gasteiger partial charge in [0.25, 0.3) is 15.9 Å². The molecule has 10 heteroatoms. The molecule has 1 N–H and O–H groups in total. The normalized spacial score (nSPS) is 14.1. The summed E-state index contributed by atoms with van der Waals surface area (Å²) in [7, 11) is -2.31. The second-order valence-electron chi connectivity index (χ2n) is 4.00. The number of hydrogen-bond donors (Lipinski definition) is 1. The highest BCUT2D eigenvalue weighted by atomic mass is 32.2. The van der Waals surface area contributed by atoms with E-state index in [4.69, 9.17) is 9.47 Å². The van der Waals surface area contributed by atoms with Crippen molar-refractivity contribution in [2.75, 3.05) is 17.9 Å². The molecule has 0 aromatic carbocycles. The number of fused-ring (bicyclic) bond motifs is 1. The fraction of sp³-hybridized carbons (Fsp3) is 0.300. The molecule has 9 nitrogen and oxygen atoms in total. The van der Waals surface area contributed by atoms with Crippen LogP contribution < -0.4 is 14.2 Å². The molecule has 20 heavy (non-hydrogen) atoms. The number of anilines is 1. The molecule has 3 heterocycles. The van der Waals surface area contributed by atoms with Crippen LogP contribution in [0.3, 0.4) is 0 Å². The number of nitrogens with one attached hydrogen (secondary N) is 1. The first kappa shape index (κ1) is 12.7. The molecule has 0 saturated carbocycles. The average molecular weight is 297 g/mol. The summed E-state index contributed by atoms with van der Waals surface area (Å²) in [6.45, 7) is 0.822. The summed E-state index contributed by atoms with van der Waals surface area (Å²) >= 11 is 0. The Hall–Kier alpha value is -2.36. The summed E-state index contributed by atoms with van der Waals surface area (Å²) in [6, 6.07) is 3.09. The van der Waals surface area contributed by atoms with Crippen LogP contribution >= 0.6 is 0 Å². The molecule has 0 amide bonds. The van der Waals surface area contributed by atoms with E-state index in [0.29, 0.717) is 19.0 Å². The predicted octanol–water partition coefficient (Wildman–Crippen LogP) is -0.218. The molecular formula is C10H11N5O4S. The minimum absolute atomic E-state index is 0.0609. The van der Waals surface area contributed by atoms with Gasteiger partial charge >= 0.3 is 0 Å². The number of nitrogens with zero attached hydrogens (tertiary/aromatic N) is 4. The summed E-state index contributed by atoms with van der Waals surface area (Å²) in [6.07, 6.45) is 1.15. The minimum atomic E-state index is -3.80. The SMILES string of the molecule is Cn1nncc1S(=O)(=O)Nc1ccc2c(n1)OCCO2. The number of aryl methyl sites for hydroxylation is 1. The third kappa shape index (κ3) is 2.25. The number of pyridine rings is 1. The van der Waals surface area contributed by atoms with E-state index in [1.807, 2.05) is 0 Å². The van der Waals surface area contributed by atoms with Crippen LogP contribution in [0.1, 0.15) is 0 Å². The molecule has 0 atom stereocenters. The van der Waals surface area contributed by atoms with Crippen molar-refractivity contribution in [3.05, 3.63) is 18.3 Å². The molecule has 2 aromatic rings. The lowest BCUT2D eigenvalue weighted by molar-refractivity contribution is 0.164. The van der Waals surface area contributed by atoms with Gasteiger partial charge in [-0.15, -0.1) is 5.10 Å². The Morgan fingerprint density at radius 2 is 2.10 bits per heavy atom. The number of rotatable bonds is 3. The Kier molecular flexibility index (Phi) is 2.93. The summed E-state index contributed by atoms with van der Waals surface area (Å²) in [5.41, 5.74) is 0.